The monoisotopic (exact) mass is 445 g/mol. The number of ether oxygens (including phenoxy) is 2. The highest BCUT2D eigenvalue weighted by molar-refractivity contribution is 7.16. The Balaban J connectivity index is 2.00. The van der Waals surface area contributed by atoms with Gasteiger partial charge in [0, 0.05) is 25.1 Å². The van der Waals surface area contributed by atoms with Crippen LogP contribution in [0.25, 0.3) is 11.7 Å². The Morgan fingerprint density at radius 2 is 2.00 bits per heavy atom. The molecule has 0 saturated heterocycles. The fourth-order valence-electron chi connectivity index (χ4n) is 3.23. The normalized spacial score (nSPS) is 12.1. The molecule has 9 heteroatoms. The summed E-state index contributed by atoms with van der Waals surface area (Å²) < 4.78 is 12.2. The Hall–Kier alpha value is -2.52. The molecule has 0 aliphatic heterocycles. The molecule has 0 N–H and O–H groups in total. The van der Waals surface area contributed by atoms with Crippen LogP contribution < -0.4 is 10.1 Å². The van der Waals surface area contributed by atoms with Crippen LogP contribution in [0.1, 0.15) is 67.6 Å². The third-order valence-corrected chi connectivity index (χ3v) is 6.07. The molecule has 3 aromatic heterocycles. The zero-order valence-electron chi connectivity index (χ0n) is 18.8. The highest BCUT2D eigenvalue weighted by Crippen LogP contribution is 2.27. The number of hydrogen-bond acceptors (Lipinski definition) is 8. The molecule has 3 aromatic rings. The number of rotatable bonds is 12. The lowest BCUT2D eigenvalue weighted by Crippen LogP contribution is -2.22. The van der Waals surface area contributed by atoms with Gasteiger partial charge in [-0.3, -0.25) is 0 Å². The minimum atomic E-state index is -0.441. The van der Waals surface area contributed by atoms with Crippen LogP contribution in [0, 0.1) is 0 Å². The molecule has 0 aliphatic carbocycles. The number of unbranched alkanes of at least 4 members (excludes halogenated alkanes) is 2. The van der Waals surface area contributed by atoms with Crippen molar-refractivity contribution in [2.75, 3.05) is 31.7 Å². The first-order valence-electron chi connectivity index (χ1n) is 10.9. The number of carbonyl (C=O) groups excluding carboxylic acids is 1. The molecule has 3 rings (SSSR count). The fraction of sp³-hybridized carbons (Fsp3) is 0.545. The van der Waals surface area contributed by atoms with E-state index < -0.39 is 5.97 Å². The second-order valence-corrected chi connectivity index (χ2v) is 8.38. The number of methoxy groups -OCH3 is 1. The number of carbonyl (C=O) groups is 1. The zero-order valence-corrected chi connectivity index (χ0v) is 19.6. The molecule has 3 heterocycles. The van der Waals surface area contributed by atoms with Crippen LogP contribution in [-0.4, -0.2) is 52.6 Å². The van der Waals surface area contributed by atoms with Crippen molar-refractivity contribution in [2.45, 2.75) is 53.1 Å². The molecule has 0 saturated carbocycles. The summed E-state index contributed by atoms with van der Waals surface area (Å²) in [7, 11) is 1.59. The van der Waals surface area contributed by atoms with Crippen molar-refractivity contribution >= 4 is 34.0 Å². The van der Waals surface area contributed by atoms with Gasteiger partial charge in [0.05, 0.1) is 16.8 Å². The van der Waals surface area contributed by atoms with Gasteiger partial charge in [-0.1, -0.05) is 26.7 Å². The molecule has 0 aromatic carbocycles. The number of anilines is 1. The minimum absolute atomic E-state index is 0.256. The molecule has 0 fully saturated rings. The Kier molecular flexibility index (Phi) is 8.36. The molecular weight excluding hydrogens is 414 g/mol. The third-order valence-electron chi connectivity index (χ3n) is 4.97. The van der Waals surface area contributed by atoms with E-state index in [-0.39, 0.29) is 12.3 Å². The average Bonchev–Trinajstić information content (AvgIpc) is 3.47. The van der Waals surface area contributed by atoms with Gasteiger partial charge in [0.2, 0.25) is 0 Å². The van der Waals surface area contributed by atoms with E-state index in [0.29, 0.717) is 23.3 Å². The number of aromatic nitrogens is 4. The van der Waals surface area contributed by atoms with Crippen LogP contribution in [-0.2, 0) is 16.1 Å². The third kappa shape index (κ3) is 5.40. The van der Waals surface area contributed by atoms with Crippen LogP contribution >= 0.6 is 11.3 Å². The smallest absolute Gasteiger partial charge is 0.359 e. The Morgan fingerprint density at radius 1 is 1.19 bits per heavy atom. The predicted molar refractivity (Wildman–Crippen MR) is 123 cm³/mol. The van der Waals surface area contributed by atoms with Crippen molar-refractivity contribution in [3.05, 3.63) is 33.7 Å². The van der Waals surface area contributed by atoms with E-state index in [4.69, 9.17) is 9.47 Å². The lowest BCUT2D eigenvalue weighted by molar-refractivity contribution is 0.0491. The Bertz CT molecular complexity index is 1050. The van der Waals surface area contributed by atoms with E-state index in [0.717, 1.165) is 43.6 Å². The predicted octanol–water partition coefficient (Wildman–Crippen LogP) is 3.46. The summed E-state index contributed by atoms with van der Waals surface area (Å²) in [4.78, 5) is 16.1. The van der Waals surface area contributed by atoms with E-state index in [1.807, 2.05) is 6.08 Å². The molecule has 0 bridgehead atoms. The summed E-state index contributed by atoms with van der Waals surface area (Å²) >= 11 is 1.69. The molecule has 8 nitrogen and oxygen atoms in total. The minimum Gasteiger partial charge on any atom is -0.461 e. The van der Waals surface area contributed by atoms with Crippen LogP contribution in [0.3, 0.4) is 0 Å². The van der Waals surface area contributed by atoms with Gasteiger partial charge in [-0.15, -0.1) is 21.5 Å². The highest BCUT2D eigenvalue weighted by Gasteiger charge is 2.21. The molecule has 0 atom stereocenters. The number of esters is 1. The van der Waals surface area contributed by atoms with Crippen molar-refractivity contribution < 1.29 is 14.3 Å². The van der Waals surface area contributed by atoms with Crippen molar-refractivity contribution in [3.63, 3.8) is 0 Å². The van der Waals surface area contributed by atoms with Crippen LogP contribution in [0.5, 0.6) is 0 Å². The summed E-state index contributed by atoms with van der Waals surface area (Å²) in [6.07, 6.45) is 6.05. The summed E-state index contributed by atoms with van der Waals surface area (Å²) in [6, 6.07) is 4.19. The first-order chi connectivity index (χ1) is 15.1. The standard InChI is InChI=1S/C22H31N5O3S/c1-5-8-12-26(7-3)19-11-10-16(31-19)14-17-20(22(28)30-13-9-6-2)25-27-18(15-29-4)23-24-21(17)27/h10-11,14H,5-9,12-13,15H2,1-4H3. The molecule has 0 spiro atoms. The Labute approximate surface area is 186 Å². The largest absolute Gasteiger partial charge is 0.461 e. The molecule has 31 heavy (non-hydrogen) atoms. The van der Waals surface area contributed by atoms with E-state index in [1.54, 1.807) is 23.0 Å². The zero-order chi connectivity index (χ0) is 22.2. The van der Waals surface area contributed by atoms with Crippen LogP contribution in [0.4, 0.5) is 5.00 Å². The number of fused-ring (bicyclic) bond motifs is 1. The van der Waals surface area contributed by atoms with Gasteiger partial charge < -0.3 is 14.4 Å². The maximum Gasteiger partial charge on any atom is 0.359 e. The molecule has 0 radical (unpaired) electrons. The van der Waals surface area contributed by atoms with E-state index in [1.165, 1.54) is 5.00 Å². The molecule has 168 valence electrons. The van der Waals surface area contributed by atoms with E-state index >= 15 is 0 Å². The van der Waals surface area contributed by atoms with Gasteiger partial charge >= 0.3 is 5.97 Å². The van der Waals surface area contributed by atoms with Gasteiger partial charge in [0.1, 0.15) is 6.61 Å². The first-order valence-corrected chi connectivity index (χ1v) is 11.7. The van der Waals surface area contributed by atoms with E-state index in [2.05, 4.69) is 53.1 Å². The quantitative estimate of drug-likeness (QED) is 0.312. The highest BCUT2D eigenvalue weighted by atomic mass is 32.1. The van der Waals surface area contributed by atoms with Crippen LogP contribution in [0.15, 0.2) is 12.1 Å². The fourth-order valence-corrected chi connectivity index (χ4v) is 4.27. The number of thiophene rings is 1. The topological polar surface area (TPSA) is 81.8 Å². The maximum atomic E-state index is 12.7. The van der Waals surface area contributed by atoms with Gasteiger partial charge in [-0.25, -0.2) is 4.79 Å². The second kappa shape index (κ2) is 11.2. The second-order valence-electron chi connectivity index (χ2n) is 7.29. The van der Waals surface area contributed by atoms with Gasteiger partial charge in [0.15, 0.2) is 17.2 Å². The van der Waals surface area contributed by atoms with Gasteiger partial charge in [0.25, 0.3) is 0 Å². The van der Waals surface area contributed by atoms with Crippen LogP contribution in [0.2, 0.25) is 0 Å². The van der Waals surface area contributed by atoms with E-state index in [9.17, 15) is 4.79 Å². The first kappa shape index (κ1) is 23.1. The summed E-state index contributed by atoms with van der Waals surface area (Å²) in [5.41, 5.74) is 0.786. The summed E-state index contributed by atoms with van der Waals surface area (Å²) in [5, 5.41) is 14.7. The Morgan fingerprint density at radius 3 is 2.71 bits per heavy atom. The summed E-state index contributed by atoms with van der Waals surface area (Å²) in [6.45, 7) is 9.05. The lowest BCUT2D eigenvalue weighted by atomic mass is 10.3. The average molecular weight is 446 g/mol. The van der Waals surface area contributed by atoms with Crippen molar-refractivity contribution in [1.29, 1.82) is 0 Å². The van der Waals surface area contributed by atoms with Gasteiger partial charge in [-0.2, -0.15) is 9.61 Å². The molecule has 0 unspecified atom stereocenters. The number of hydrogen-bond donors (Lipinski definition) is 0. The molecule has 0 aliphatic rings. The summed E-state index contributed by atoms with van der Waals surface area (Å²) in [5.74, 6) is 0.104. The molecule has 0 amide bonds. The molecular formula is C22H31N5O3S. The van der Waals surface area contributed by atoms with Crippen molar-refractivity contribution in [2.24, 2.45) is 0 Å². The number of nitrogens with zero attached hydrogens (tertiary/aromatic N) is 5. The lowest BCUT2D eigenvalue weighted by Gasteiger charge is -2.20. The van der Waals surface area contributed by atoms with Crippen molar-refractivity contribution in [3.8, 4) is 0 Å². The van der Waals surface area contributed by atoms with Crippen molar-refractivity contribution in [1.82, 2.24) is 19.8 Å². The SMILES string of the molecule is CCCCOC(=O)c1nn2c(COC)nnc2c1=Cc1ccc(N(CC)CCCC)s1. The van der Waals surface area contributed by atoms with Gasteiger partial charge in [-0.05, 0) is 38.0 Å². The maximum absolute atomic E-state index is 12.7.